The summed E-state index contributed by atoms with van der Waals surface area (Å²) in [5, 5.41) is 19.0. The minimum Gasteiger partial charge on any atom is -0.392 e. The van der Waals surface area contributed by atoms with Crippen molar-refractivity contribution in [2.45, 2.75) is 130 Å². The first-order chi connectivity index (χ1) is 20.3. The molecule has 0 heterocycles. The van der Waals surface area contributed by atoms with Gasteiger partial charge in [-0.3, -0.25) is 4.55 Å². The average molecular weight is 626 g/mol. The fourth-order valence-corrected chi connectivity index (χ4v) is 10.8. The van der Waals surface area contributed by atoms with Crippen molar-refractivity contribution in [2.75, 3.05) is 26.2 Å². The molecule has 0 radical (unpaired) electrons. The van der Waals surface area contributed by atoms with Crippen LogP contribution in [0.2, 0.25) is 0 Å². The Hall–Kier alpha value is -0.550. The molecule has 0 bridgehead atoms. The van der Waals surface area contributed by atoms with Crippen LogP contribution in [-0.4, -0.2) is 62.5 Å². The molecular formula is C34H63N3O5S. The van der Waals surface area contributed by atoms with Crippen LogP contribution in [0.4, 0.5) is 0 Å². The van der Waals surface area contributed by atoms with Crippen LogP contribution < -0.4 is 16.4 Å². The molecule has 4 aliphatic rings. The predicted molar refractivity (Wildman–Crippen MR) is 174 cm³/mol. The molecule has 43 heavy (non-hydrogen) atoms. The molecule has 0 amide bonds. The number of nitrogens with two attached hydrogens (primary N) is 1. The number of hydrogen-bond acceptors (Lipinski definition) is 7. The molecule has 0 aromatic heterocycles. The van der Waals surface area contributed by atoms with Gasteiger partial charge in [-0.15, -0.1) is 0 Å². The first-order valence-corrected chi connectivity index (χ1v) is 18.9. The highest BCUT2D eigenvalue weighted by atomic mass is 32.3. The van der Waals surface area contributed by atoms with E-state index in [1.54, 1.807) is 0 Å². The van der Waals surface area contributed by atoms with E-state index in [9.17, 15) is 18.1 Å². The highest BCUT2D eigenvalue weighted by Gasteiger charge is 2.61. The van der Waals surface area contributed by atoms with Gasteiger partial charge in [0.25, 0.3) is 0 Å². The van der Waals surface area contributed by atoms with Crippen LogP contribution in [0.15, 0.2) is 11.6 Å². The zero-order chi connectivity index (χ0) is 31.4. The summed E-state index contributed by atoms with van der Waals surface area (Å²) in [7, 11) is -4.46. The maximum absolute atomic E-state index is 11.7. The molecule has 8 nitrogen and oxygen atoms in total. The quantitative estimate of drug-likeness (QED) is 0.0866. The number of fused-ring (bicyclic) bond motifs is 5. The number of unbranched alkanes of at least 4 members (excludes halogenated alkanes) is 1. The van der Waals surface area contributed by atoms with Gasteiger partial charge in [-0.1, -0.05) is 46.3 Å². The second kappa shape index (κ2) is 14.9. The topological polar surface area (TPSA) is 134 Å². The van der Waals surface area contributed by atoms with Crippen LogP contribution in [0.5, 0.6) is 0 Å². The molecule has 10 atom stereocenters. The summed E-state index contributed by atoms with van der Waals surface area (Å²) < 4.78 is 37.1. The molecule has 6 N–H and O–H groups in total. The van der Waals surface area contributed by atoms with E-state index in [1.165, 1.54) is 44.1 Å². The van der Waals surface area contributed by atoms with Crippen molar-refractivity contribution >= 4 is 10.4 Å². The first kappa shape index (κ1) is 35.3. The van der Waals surface area contributed by atoms with Crippen molar-refractivity contribution in [3.63, 3.8) is 0 Å². The van der Waals surface area contributed by atoms with Crippen LogP contribution in [-0.2, 0) is 14.6 Å². The van der Waals surface area contributed by atoms with Gasteiger partial charge in [0.1, 0.15) is 0 Å². The van der Waals surface area contributed by atoms with E-state index in [-0.39, 0.29) is 22.9 Å². The molecule has 3 saturated carbocycles. The fraction of sp³-hybridized carbons (Fsp3) is 0.941. The lowest BCUT2D eigenvalue weighted by Gasteiger charge is -2.60. The third-order valence-corrected chi connectivity index (χ3v) is 13.0. The van der Waals surface area contributed by atoms with Gasteiger partial charge in [0.05, 0.1) is 12.2 Å². The normalized spacial score (nSPS) is 37.4. The summed E-state index contributed by atoms with van der Waals surface area (Å²) in [5.74, 6) is 2.45. The van der Waals surface area contributed by atoms with Crippen molar-refractivity contribution in [1.82, 2.24) is 10.6 Å². The molecule has 3 fully saturated rings. The van der Waals surface area contributed by atoms with Gasteiger partial charge >= 0.3 is 10.4 Å². The summed E-state index contributed by atoms with van der Waals surface area (Å²) in [6, 6.07) is 0.411. The third kappa shape index (κ3) is 8.25. The Morgan fingerprint density at radius 3 is 2.44 bits per heavy atom. The first-order valence-electron chi connectivity index (χ1n) is 17.5. The van der Waals surface area contributed by atoms with Gasteiger partial charge in [0.2, 0.25) is 0 Å². The zero-order valence-electron chi connectivity index (χ0n) is 27.7. The van der Waals surface area contributed by atoms with E-state index >= 15 is 0 Å². The smallest absolute Gasteiger partial charge is 0.392 e. The molecular weight excluding hydrogens is 562 g/mol. The van der Waals surface area contributed by atoms with Crippen molar-refractivity contribution in [3.8, 4) is 0 Å². The van der Waals surface area contributed by atoms with Crippen molar-refractivity contribution < 1.29 is 22.3 Å². The van der Waals surface area contributed by atoms with E-state index in [0.29, 0.717) is 42.1 Å². The van der Waals surface area contributed by atoms with Gasteiger partial charge < -0.3 is 21.5 Å². The molecule has 4 rings (SSSR count). The van der Waals surface area contributed by atoms with Gasteiger partial charge in [-0.2, -0.15) is 8.42 Å². The molecule has 3 unspecified atom stereocenters. The zero-order valence-corrected chi connectivity index (χ0v) is 28.5. The van der Waals surface area contributed by atoms with Gasteiger partial charge in [0.15, 0.2) is 0 Å². The Labute approximate surface area is 262 Å². The van der Waals surface area contributed by atoms with Gasteiger partial charge in [-0.05, 0) is 150 Å². The molecule has 0 aliphatic heterocycles. The minimum absolute atomic E-state index is 0.00993. The maximum Gasteiger partial charge on any atom is 0.397 e. The number of aliphatic hydroxyl groups excluding tert-OH is 1. The summed E-state index contributed by atoms with van der Waals surface area (Å²) in [4.78, 5) is 0. The highest BCUT2D eigenvalue weighted by Crippen LogP contribution is 2.67. The Balaban J connectivity index is 1.35. The Bertz CT molecular complexity index is 1040. The Morgan fingerprint density at radius 2 is 1.74 bits per heavy atom. The van der Waals surface area contributed by atoms with E-state index in [1.807, 2.05) is 13.8 Å². The van der Waals surface area contributed by atoms with Gasteiger partial charge in [0, 0.05) is 6.04 Å². The number of aliphatic hydroxyl groups is 1. The predicted octanol–water partition coefficient (Wildman–Crippen LogP) is 5.47. The molecule has 0 spiro atoms. The number of hydrogen-bond donors (Lipinski definition) is 5. The van der Waals surface area contributed by atoms with Crippen molar-refractivity contribution in [3.05, 3.63) is 11.6 Å². The Morgan fingerprint density at radius 1 is 1.00 bits per heavy atom. The van der Waals surface area contributed by atoms with Crippen LogP contribution in [0.25, 0.3) is 0 Å². The highest BCUT2D eigenvalue weighted by molar-refractivity contribution is 7.80. The van der Waals surface area contributed by atoms with E-state index < -0.39 is 16.5 Å². The summed E-state index contributed by atoms with van der Waals surface area (Å²) in [5.41, 5.74) is 7.46. The second-order valence-electron chi connectivity index (χ2n) is 15.5. The van der Waals surface area contributed by atoms with E-state index in [2.05, 4.69) is 37.5 Å². The molecule has 0 aromatic carbocycles. The van der Waals surface area contributed by atoms with Crippen LogP contribution in [0, 0.1) is 46.3 Å². The minimum atomic E-state index is -4.46. The molecule has 0 aromatic rings. The molecule has 0 saturated heterocycles. The van der Waals surface area contributed by atoms with Crippen LogP contribution in [0.3, 0.4) is 0 Å². The largest absolute Gasteiger partial charge is 0.397 e. The summed E-state index contributed by atoms with van der Waals surface area (Å²) in [6.07, 6.45) is 14.5. The molecule has 4 aliphatic carbocycles. The number of nitrogens with one attached hydrogen (secondary N) is 2. The lowest BCUT2D eigenvalue weighted by atomic mass is 9.45. The van der Waals surface area contributed by atoms with E-state index in [4.69, 9.17) is 9.92 Å². The summed E-state index contributed by atoms with van der Waals surface area (Å²) in [6.45, 7) is 15.1. The standard InChI is InChI=1S/C34H63N3O5S/c1-23(2)31(42-43(39,40)41)12-9-24(3)27-10-11-28-32-29(14-16-34(27,28)5)33(4)15-13-26(21-25(33)22-30(32)38)37-20-8-19-36-18-7-6-17-35/h21,23-24,26-32,36-38H,6-20,22,35H2,1-5H3,(H,39,40,41)/t24-,26+,27-,28?,29?,30-,31-,32?,33+,34-/m1/s1. The van der Waals surface area contributed by atoms with Crippen LogP contribution in [0.1, 0.15) is 112 Å². The number of rotatable bonds is 16. The monoisotopic (exact) mass is 625 g/mol. The summed E-state index contributed by atoms with van der Waals surface area (Å²) >= 11 is 0. The van der Waals surface area contributed by atoms with Gasteiger partial charge in [-0.25, -0.2) is 4.18 Å². The molecule has 9 heteroatoms. The molecule has 250 valence electrons. The Kier molecular flexibility index (Phi) is 12.2. The van der Waals surface area contributed by atoms with E-state index in [0.717, 1.165) is 58.3 Å². The SMILES string of the molecule is CC(C)[C@@H](CC[C@@H](C)[C@H]1CCC2C3C(CC[C@@]21C)[C@@]1(C)CC[C@H](NCCCNCCCCN)C=C1C[C@H]3O)OS(=O)(=O)O. The fourth-order valence-electron chi connectivity index (χ4n) is 10.1. The van der Waals surface area contributed by atoms with Crippen molar-refractivity contribution in [1.29, 1.82) is 0 Å². The average Bonchev–Trinajstić information content (AvgIpc) is 3.29. The third-order valence-electron chi connectivity index (χ3n) is 12.5. The lowest BCUT2D eigenvalue weighted by molar-refractivity contribution is -0.113. The van der Waals surface area contributed by atoms with Crippen molar-refractivity contribution in [2.24, 2.45) is 52.1 Å². The van der Waals surface area contributed by atoms with Crippen LogP contribution >= 0.6 is 0 Å². The second-order valence-corrected chi connectivity index (χ2v) is 16.5. The maximum atomic E-state index is 11.7. The lowest BCUT2D eigenvalue weighted by Crippen LogP contribution is -2.56.